The van der Waals surface area contributed by atoms with E-state index in [0.717, 1.165) is 16.7 Å². The molecule has 0 spiro atoms. The molecule has 35 heavy (non-hydrogen) atoms. The number of amides is 1. The van der Waals surface area contributed by atoms with Crippen molar-refractivity contribution in [2.75, 3.05) is 13.2 Å². The molecule has 5 atom stereocenters. The topological polar surface area (TPSA) is 66.0 Å². The van der Waals surface area contributed by atoms with Gasteiger partial charge in [-0.2, -0.15) is 0 Å². The number of nitrogens with one attached hydrogen (secondary N) is 1. The second kappa shape index (κ2) is 13.2. The highest BCUT2D eigenvalue weighted by Crippen LogP contribution is 2.25. The van der Waals surface area contributed by atoms with Crippen LogP contribution >= 0.6 is 0 Å². The summed E-state index contributed by atoms with van der Waals surface area (Å²) in [6.07, 6.45) is -1.73. The Bertz CT molecular complexity index is 1050. The van der Waals surface area contributed by atoms with Gasteiger partial charge in [-0.25, -0.2) is 0 Å². The van der Waals surface area contributed by atoms with Crippen LogP contribution in [-0.2, 0) is 43.6 Å². The van der Waals surface area contributed by atoms with Crippen molar-refractivity contribution in [1.82, 2.24) is 5.32 Å². The molecule has 0 aromatic heterocycles. The summed E-state index contributed by atoms with van der Waals surface area (Å²) in [5, 5.41) is 2.85. The molecule has 6 nitrogen and oxygen atoms in total. The Morgan fingerprint density at radius 1 is 0.829 bits per heavy atom. The lowest BCUT2D eigenvalue weighted by atomic mass is 9.97. The van der Waals surface area contributed by atoms with Gasteiger partial charge in [-0.15, -0.1) is 0 Å². The number of carbonyl (C=O) groups excluding carboxylic acids is 1. The Morgan fingerprint density at radius 3 is 1.83 bits per heavy atom. The van der Waals surface area contributed by atoms with E-state index in [-0.39, 0.29) is 12.5 Å². The highest BCUT2D eigenvalue weighted by Gasteiger charge is 2.42. The smallest absolute Gasteiger partial charge is 0.217 e. The van der Waals surface area contributed by atoms with Crippen LogP contribution in [0.1, 0.15) is 25.0 Å². The molecule has 6 heteroatoms. The van der Waals surface area contributed by atoms with Crippen molar-refractivity contribution in [1.29, 1.82) is 0 Å². The van der Waals surface area contributed by atoms with E-state index in [0.29, 0.717) is 19.8 Å². The number of hydrogen-bond donors (Lipinski definition) is 1. The van der Waals surface area contributed by atoms with Crippen molar-refractivity contribution in [3.63, 3.8) is 0 Å². The maximum absolute atomic E-state index is 12.0. The Hall–Kier alpha value is -3.03. The normalized spacial score (nSPS) is 24.5. The molecule has 1 heterocycles. The minimum absolute atomic E-state index is 0.224. The van der Waals surface area contributed by atoms with Gasteiger partial charge in [0.05, 0.1) is 40.4 Å². The van der Waals surface area contributed by atoms with E-state index in [4.69, 9.17) is 20.3 Å². The zero-order chi connectivity index (χ0) is 25.2. The minimum Gasteiger partial charge on any atom is -0.374 e. The Kier molecular flexibility index (Phi) is 8.91. The van der Waals surface area contributed by atoms with Crippen molar-refractivity contribution in [2.45, 2.75) is 51.1 Å². The molecule has 0 radical (unpaired) electrons. The summed E-state index contributed by atoms with van der Waals surface area (Å²) >= 11 is 0. The van der Waals surface area contributed by atoms with Gasteiger partial charge in [0.15, 0.2) is 0 Å². The average molecular weight is 477 g/mol. The van der Waals surface area contributed by atoms with Crippen molar-refractivity contribution < 1.29 is 25.1 Å². The van der Waals surface area contributed by atoms with Gasteiger partial charge in [0.2, 0.25) is 5.91 Å². The number of rotatable bonds is 11. The monoisotopic (exact) mass is 476 g/mol. The van der Waals surface area contributed by atoms with E-state index in [1.807, 2.05) is 91.0 Å². The van der Waals surface area contributed by atoms with Crippen molar-refractivity contribution >= 4 is 5.91 Å². The predicted octanol–water partition coefficient (Wildman–Crippen LogP) is 4.28. The maximum atomic E-state index is 12.0. The predicted molar refractivity (Wildman–Crippen MR) is 133 cm³/mol. The first-order valence-corrected chi connectivity index (χ1v) is 11.9. The number of carbonyl (C=O) groups is 1. The third-order valence-electron chi connectivity index (χ3n) is 5.78. The van der Waals surface area contributed by atoms with Crippen LogP contribution < -0.4 is 5.32 Å². The fourth-order valence-electron chi connectivity index (χ4n) is 4.04. The Labute approximate surface area is 208 Å². The molecule has 1 aliphatic rings. The van der Waals surface area contributed by atoms with Gasteiger partial charge in [-0.3, -0.25) is 4.79 Å². The van der Waals surface area contributed by atoms with E-state index in [1.54, 1.807) is 0 Å². The van der Waals surface area contributed by atoms with Crippen LogP contribution in [0.3, 0.4) is 0 Å². The lowest BCUT2D eigenvalue weighted by Gasteiger charge is -2.42. The second-order valence-electron chi connectivity index (χ2n) is 8.56. The zero-order valence-electron chi connectivity index (χ0n) is 20.9. The van der Waals surface area contributed by atoms with Crippen LogP contribution in [0.2, 0.25) is 0 Å². The number of ether oxygens (including phenoxy) is 4. The van der Waals surface area contributed by atoms with Crippen LogP contribution in [0.25, 0.3) is 0 Å². The SMILES string of the molecule is [2H][C@H]1O[C@H](COCc2ccccc2)[C@@H](OCc2ccccc2)[C@H](OCc2ccccc2)[C@H]1NC(C)=O. The first-order chi connectivity index (χ1) is 17.6. The van der Waals surface area contributed by atoms with Crippen molar-refractivity contribution in [3.05, 3.63) is 108 Å². The molecule has 0 aliphatic carbocycles. The lowest BCUT2D eigenvalue weighted by molar-refractivity contribution is -0.208. The standard InChI is InChI=1S/C29H33NO5/c1-22(31)30-26-20-33-27(21-32-17-23-11-5-2-6-12-23)29(35-19-25-15-9-4-10-16-25)28(26)34-18-24-13-7-3-8-14-24/h2-16,26-29H,17-21H2,1H3,(H,30,31)/t26-,27+,28+,29+/m0/s1/i20D/t20-,26+,27-,28-,29-/m1. The van der Waals surface area contributed by atoms with Crippen LogP contribution in [0, 0.1) is 0 Å². The van der Waals surface area contributed by atoms with E-state index >= 15 is 0 Å². The van der Waals surface area contributed by atoms with Crippen LogP contribution in [0.4, 0.5) is 0 Å². The van der Waals surface area contributed by atoms with Gasteiger partial charge in [-0.1, -0.05) is 91.0 Å². The fraction of sp³-hybridized carbons (Fsp3) is 0.345. The first-order valence-electron chi connectivity index (χ1n) is 12.5. The molecule has 0 bridgehead atoms. The average Bonchev–Trinajstić information content (AvgIpc) is 2.90. The molecular weight excluding hydrogens is 442 g/mol. The Balaban J connectivity index is 1.53. The lowest BCUT2D eigenvalue weighted by Crippen LogP contribution is -2.61. The molecule has 1 aliphatic heterocycles. The molecule has 3 aromatic carbocycles. The summed E-state index contributed by atoms with van der Waals surface area (Å²) in [7, 11) is 0. The van der Waals surface area contributed by atoms with Crippen LogP contribution in [0.5, 0.6) is 0 Å². The quantitative estimate of drug-likeness (QED) is 0.448. The number of benzene rings is 3. The summed E-state index contributed by atoms with van der Waals surface area (Å²) in [6, 6.07) is 28.8. The van der Waals surface area contributed by atoms with Gasteiger partial charge in [0.1, 0.15) is 18.3 Å². The molecule has 4 rings (SSSR count). The summed E-state index contributed by atoms with van der Waals surface area (Å²) in [5.74, 6) is -0.255. The van der Waals surface area contributed by atoms with E-state index in [2.05, 4.69) is 5.32 Å². The highest BCUT2D eigenvalue weighted by atomic mass is 16.6. The van der Waals surface area contributed by atoms with Gasteiger partial charge in [0, 0.05) is 6.92 Å². The minimum atomic E-state index is -1.03. The molecule has 184 valence electrons. The van der Waals surface area contributed by atoms with Gasteiger partial charge in [-0.05, 0) is 16.7 Å². The third-order valence-corrected chi connectivity index (χ3v) is 5.78. The van der Waals surface area contributed by atoms with E-state index in [9.17, 15) is 4.79 Å². The molecule has 1 N–H and O–H groups in total. The number of hydrogen-bond acceptors (Lipinski definition) is 5. The van der Waals surface area contributed by atoms with Gasteiger partial charge in [0.25, 0.3) is 0 Å². The summed E-state index contributed by atoms with van der Waals surface area (Å²) in [6.45, 7) is 1.69. The first kappa shape index (κ1) is 23.7. The van der Waals surface area contributed by atoms with E-state index < -0.39 is 30.9 Å². The molecule has 1 fully saturated rings. The van der Waals surface area contributed by atoms with E-state index in [1.165, 1.54) is 6.92 Å². The molecular formula is C29H33NO5. The maximum Gasteiger partial charge on any atom is 0.217 e. The molecule has 1 saturated heterocycles. The molecule has 0 saturated carbocycles. The molecule has 1 amide bonds. The summed E-state index contributed by atoms with van der Waals surface area (Å²) in [5.41, 5.74) is 3.05. The third kappa shape index (κ3) is 7.73. The second-order valence-corrected chi connectivity index (χ2v) is 8.56. The van der Waals surface area contributed by atoms with Crippen molar-refractivity contribution in [3.8, 4) is 0 Å². The summed E-state index contributed by atoms with van der Waals surface area (Å²) in [4.78, 5) is 12.0. The largest absolute Gasteiger partial charge is 0.374 e. The zero-order valence-corrected chi connectivity index (χ0v) is 19.9. The summed E-state index contributed by atoms with van der Waals surface area (Å²) < 4.78 is 33.4. The van der Waals surface area contributed by atoms with Crippen molar-refractivity contribution in [2.24, 2.45) is 0 Å². The molecule has 3 aromatic rings. The van der Waals surface area contributed by atoms with Crippen LogP contribution in [0.15, 0.2) is 91.0 Å². The fourth-order valence-corrected chi connectivity index (χ4v) is 4.04. The highest BCUT2D eigenvalue weighted by molar-refractivity contribution is 5.73. The molecule has 0 unspecified atom stereocenters. The van der Waals surface area contributed by atoms with Gasteiger partial charge >= 0.3 is 0 Å². The van der Waals surface area contributed by atoms with Gasteiger partial charge < -0.3 is 24.3 Å². The Morgan fingerprint density at radius 2 is 1.31 bits per heavy atom. The van der Waals surface area contributed by atoms with Crippen LogP contribution in [-0.4, -0.2) is 43.5 Å².